The van der Waals surface area contributed by atoms with Crippen molar-refractivity contribution in [1.82, 2.24) is 0 Å². The first-order chi connectivity index (χ1) is 8.22. The molecule has 2 N–H and O–H groups in total. The van der Waals surface area contributed by atoms with Gasteiger partial charge in [-0.3, -0.25) is 0 Å². The molecule has 0 heterocycles. The van der Waals surface area contributed by atoms with Gasteiger partial charge in [-0.15, -0.1) is 0 Å². The summed E-state index contributed by atoms with van der Waals surface area (Å²) in [7, 11) is 0. The monoisotopic (exact) mass is 237 g/mol. The van der Waals surface area contributed by atoms with E-state index in [1.54, 1.807) is 0 Å². The van der Waals surface area contributed by atoms with Crippen molar-refractivity contribution in [3.8, 4) is 5.75 Å². The topological polar surface area (TPSA) is 62.1 Å². The number of para-hydroxylation sites is 1. The highest BCUT2D eigenvalue weighted by Crippen LogP contribution is 2.20. The zero-order valence-electron chi connectivity index (χ0n) is 10.3. The van der Waals surface area contributed by atoms with Crippen LogP contribution in [-0.2, 0) is 0 Å². The molecule has 1 aromatic carbocycles. The number of aliphatic hydroxyl groups is 1. The number of nitrogens with zero attached hydrogens (tertiary/aromatic N) is 1. The van der Waals surface area contributed by atoms with Crippen molar-refractivity contribution in [2.24, 2.45) is 11.1 Å². The van der Waals surface area contributed by atoms with Crippen LogP contribution in [0.4, 0.5) is 0 Å². The zero-order valence-corrected chi connectivity index (χ0v) is 10.3. The molecular formula is C13H19NO3. The molecule has 0 spiro atoms. The largest absolute Gasteiger partial charge is 0.493 e. The van der Waals surface area contributed by atoms with Crippen molar-refractivity contribution in [1.29, 1.82) is 0 Å². The van der Waals surface area contributed by atoms with Gasteiger partial charge in [-0.25, -0.2) is 0 Å². The molecule has 1 rings (SSSR count). The normalized spacial score (nSPS) is 13.5. The van der Waals surface area contributed by atoms with Crippen molar-refractivity contribution in [2.75, 3.05) is 13.2 Å². The van der Waals surface area contributed by atoms with Gasteiger partial charge in [-0.05, 0) is 18.6 Å². The number of aliphatic hydroxyl groups excluding tert-OH is 1. The minimum Gasteiger partial charge on any atom is -0.493 e. The quantitative estimate of drug-likeness (QED) is 0.453. The van der Waals surface area contributed by atoms with Gasteiger partial charge in [0.1, 0.15) is 5.75 Å². The van der Waals surface area contributed by atoms with Gasteiger partial charge in [0, 0.05) is 18.1 Å². The molecule has 1 aromatic rings. The lowest BCUT2D eigenvalue weighted by molar-refractivity contribution is 0.174. The summed E-state index contributed by atoms with van der Waals surface area (Å²) >= 11 is 0. The molecule has 0 saturated carbocycles. The van der Waals surface area contributed by atoms with Crippen LogP contribution in [0.15, 0.2) is 29.4 Å². The van der Waals surface area contributed by atoms with Crippen LogP contribution in [0.2, 0.25) is 0 Å². The zero-order chi connectivity index (χ0) is 12.7. The minimum absolute atomic E-state index is 0.0826. The molecule has 0 saturated heterocycles. The van der Waals surface area contributed by atoms with E-state index in [0.717, 1.165) is 5.56 Å². The molecule has 4 heteroatoms. The van der Waals surface area contributed by atoms with Crippen molar-refractivity contribution >= 4 is 5.71 Å². The van der Waals surface area contributed by atoms with E-state index in [-0.39, 0.29) is 12.5 Å². The van der Waals surface area contributed by atoms with Gasteiger partial charge in [0.25, 0.3) is 0 Å². The summed E-state index contributed by atoms with van der Waals surface area (Å²) in [6, 6.07) is 7.43. The standard InChI is InChI=1S/C13H19NO3/c1-3-12(14-16)11-6-4-5-7-13(11)17-9-10(2)8-15/h4-7,10,15-16H,3,8-9H2,1-2H3/b14-12-. The van der Waals surface area contributed by atoms with Crippen molar-refractivity contribution in [2.45, 2.75) is 20.3 Å². The lowest BCUT2D eigenvalue weighted by atomic mass is 10.1. The molecule has 0 fully saturated rings. The molecule has 1 unspecified atom stereocenters. The number of hydrogen-bond donors (Lipinski definition) is 2. The number of ether oxygens (including phenoxy) is 1. The summed E-state index contributed by atoms with van der Waals surface area (Å²) in [5, 5.41) is 21.1. The number of hydrogen-bond acceptors (Lipinski definition) is 4. The highest BCUT2D eigenvalue weighted by Gasteiger charge is 2.10. The summed E-state index contributed by atoms with van der Waals surface area (Å²) in [6.07, 6.45) is 0.631. The fourth-order valence-corrected chi connectivity index (χ4v) is 1.43. The minimum atomic E-state index is 0.0826. The molecule has 94 valence electrons. The molecule has 0 aliphatic heterocycles. The first kappa shape index (κ1) is 13.5. The average Bonchev–Trinajstić information content (AvgIpc) is 2.38. The lowest BCUT2D eigenvalue weighted by Gasteiger charge is -2.14. The summed E-state index contributed by atoms with van der Waals surface area (Å²) in [6.45, 7) is 4.36. The molecule has 0 bridgehead atoms. The molecular weight excluding hydrogens is 218 g/mol. The van der Waals surface area contributed by atoms with Crippen LogP contribution in [-0.4, -0.2) is 29.2 Å². The maximum Gasteiger partial charge on any atom is 0.128 e. The van der Waals surface area contributed by atoms with E-state index < -0.39 is 0 Å². The number of rotatable bonds is 6. The maximum absolute atomic E-state index is 8.94. The Morgan fingerprint density at radius 2 is 2.12 bits per heavy atom. The van der Waals surface area contributed by atoms with E-state index in [9.17, 15) is 0 Å². The molecule has 0 aliphatic carbocycles. The van der Waals surface area contributed by atoms with E-state index >= 15 is 0 Å². The highest BCUT2D eigenvalue weighted by molar-refractivity contribution is 6.02. The fraction of sp³-hybridized carbons (Fsp3) is 0.462. The van der Waals surface area contributed by atoms with Crippen LogP contribution in [0, 0.1) is 5.92 Å². The van der Waals surface area contributed by atoms with E-state index in [4.69, 9.17) is 15.1 Å². The Balaban J connectivity index is 2.84. The molecule has 1 atom stereocenters. The summed E-state index contributed by atoms with van der Waals surface area (Å²) in [5.74, 6) is 0.765. The Bertz CT molecular complexity index is 377. The Labute approximate surface area is 102 Å². The molecule has 17 heavy (non-hydrogen) atoms. The molecule has 0 aliphatic rings. The molecule has 0 amide bonds. The van der Waals surface area contributed by atoms with Crippen LogP contribution >= 0.6 is 0 Å². The smallest absolute Gasteiger partial charge is 0.128 e. The van der Waals surface area contributed by atoms with Gasteiger partial charge in [-0.1, -0.05) is 31.1 Å². The van der Waals surface area contributed by atoms with Crippen molar-refractivity contribution < 1.29 is 15.1 Å². The second-order valence-corrected chi connectivity index (χ2v) is 4.00. The average molecular weight is 237 g/mol. The second kappa shape index (κ2) is 6.91. The Kier molecular flexibility index (Phi) is 5.49. The Morgan fingerprint density at radius 1 is 1.41 bits per heavy atom. The predicted octanol–water partition coefficient (Wildman–Crippen LogP) is 2.28. The molecule has 0 aromatic heterocycles. The van der Waals surface area contributed by atoms with E-state index in [1.165, 1.54) is 0 Å². The van der Waals surface area contributed by atoms with Gasteiger partial charge in [0.15, 0.2) is 0 Å². The van der Waals surface area contributed by atoms with E-state index in [0.29, 0.717) is 24.5 Å². The lowest BCUT2D eigenvalue weighted by Crippen LogP contribution is -2.14. The SMILES string of the molecule is CC/C(=N/O)c1ccccc1OCC(C)CO. The van der Waals surface area contributed by atoms with E-state index in [1.807, 2.05) is 38.1 Å². The third kappa shape index (κ3) is 3.75. The van der Waals surface area contributed by atoms with Crippen LogP contribution in [0.25, 0.3) is 0 Å². The second-order valence-electron chi connectivity index (χ2n) is 4.00. The molecule has 0 radical (unpaired) electrons. The third-order valence-corrected chi connectivity index (χ3v) is 2.49. The van der Waals surface area contributed by atoms with Gasteiger partial charge in [0.05, 0.1) is 12.3 Å². The first-order valence-electron chi connectivity index (χ1n) is 5.76. The first-order valence-corrected chi connectivity index (χ1v) is 5.76. The van der Waals surface area contributed by atoms with E-state index in [2.05, 4.69) is 5.16 Å². The van der Waals surface area contributed by atoms with Gasteiger partial charge in [-0.2, -0.15) is 0 Å². The van der Waals surface area contributed by atoms with Crippen molar-refractivity contribution in [3.05, 3.63) is 29.8 Å². The summed E-state index contributed by atoms with van der Waals surface area (Å²) in [5.41, 5.74) is 1.39. The van der Waals surface area contributed by atoms with Crippen LogP contribution in [0.3, 0.4) is 0 Å². The maximum atomic E-state index is 8.94. The number of benzene rings is 1. The van der Waals surface area contributed by atoms with Crippen LogP contribution in [0.1, 0.15) is 25.8 Å². The predicted molar refractivity (Wildman–Crippen MR) is 66.8 cm³/mol. The fourth-order valence-electron chi connectivity index (χ4n) is 1.43. The van der Waals surface area contributed by atoms with Crippen LogP contribution < -0.4 is 4.74 Å². The van der Waals surface area contributed by atoms with Gasteiger partial charge < -0.3 is 15.1 Å². The molecule has 4 nitrogen and oxygen atoms in total. The Hall–Kier alpha value is -1.55. The number of oxime groups is 1. The third-order valence-electron chi connectivity index (χ3n) is 2.49. The summed E-state index contributed by atoms with van der Waals surface area (Å²) < 4.78 is 5.62. The van der Waals surface area contributed by atoms with Gasteiger partial charge >= 0.3 is 0 Å². The summed E-state index contributed by atoms with van der Waals surface area (Å²) in [4.78, 5) is 0. The van der Waals surface area contributed by atoms with Gasteiger partial charge in [0.2, 0.25) is 0 Å². The van der Waals surface area contributed by atoms with Crippen molar-refractivity contribution in [3.63, 3.8) is 0 Å². The Morgan fingerprint density at radius 3 is 2.71 bits per heavy atom. The van der Waals surface area contributed by atoms with Crippen LogP contribution in [0.5, 0.6) is 5.75 Å². The highest BCUT2D eigenvalue weighted by atomic mass is 16.5.